The van der Waals surface area contributed by atoms with E-state index < -0.39 is 0 Å². The van der Waals surface area contributed by atoms with Gasteiger partial charge in [0.15, 0.2) is 5.96 Å². The molecular formula is C21H31IN6. The van der Waals surface area contributed by atoms with Gasteiger partial charge in [-0.25, -0.2) is 0 Å². The lowest BCUT2D eigenvalue weighted by atomic mass is 10.2. The predicted molar refractivity (Wildman–Crippen MR) is 127 cm³/mol. The van der Waals surface area contributed by atoms with Crippen molar-refractivity contribution in [3.63, 3.8) is 0 Å². The Labute approximate surface area is 184 Å². The van der Waals surface area contributed by atoms with E-state index >= 15 is 0 Å². The monoisotopic (exact) mass is 494 g/mol. The Kier molecular flexibility index (Phi) is 9.33. The van der Waals surface area contributed by atoms with Gasteiger partial charge in [-0.2, -0.15) is 5.10 Å². The molecule has 2 N–H and O–H groups in total. The van der Waals surface area contributed by atoms with E-state index in [1.165, 1.54) is 16.5 Å². The number of benzene rings is 1. The molecule has 3 rings (SSSR count). The molecule has 0 saturated heterocycles. The summed E-state index contributed by atoms with van der Waals surface area (Å²) in [6.07, 6.45) is 9.28. The Hall–Kier alpha value is -2.03. The zero-order valence-corrected chi connectivity index (χ0v) is 19.1. The fraction of sp³-hybridized carbons (Fsp3) is 0.429. The summed E-state index contributed by atoms with van der Waals surface area (Å²) in [5.41, 5.74) is 2.57. The molecule has 1 aromatic carbocycles. The summed E-state index contributed by atoms with van der Waals surface area (Å²) in [4.78, 5) is 4.71. The van der Waals surface area contributed by atoms with Crippen LogP contribution in [0.1, 0.15) is 25.3 Å². The van der Waals surface area contributed by atoms with E-state index in [2.05, 4.69) is 69.9 Å². The summed E-state index contributed by atoms with van der Waals surface area (Å²) < 4.78 is 4.15. The Morgan fingerprint density at radius 3 is 2.79 bits per heavy atom. The molecule has 0 atom stereocenters. The molecule has 0 aliphatic carbocycles. The molecular weight excluding hydrogens is 463 g/mol. The predicted octanol–water partition coefficient (Wildman–Crippen LogP) is 3.57. The van der Waals surface area contributed by atoms with Crippen molar-refractivity contribution in [1.29, 1.82) is 0 Å². The maximum atomic E-state index is 4.71. The van der Waals surface area contributed by atoms with Gasteiger partial charge in [-0.3, -0.25) is 9.67 Å². The van der Waals surface area contributed by atoms with Gasteiger partial charge in [-0.15, -0.1) is 24.0 Å². The maximum absolute atomic E-state index is 4.71. The van der Waals surface area contributed by atoms with Crippen LogP contribution in [0.5, 0.6) is 0 Å². The van der Waals surface area contributed by atoms with Crippen LogP contribution in [0.2, 0.25) is 0 Å². The van der Waals surface area contributed by atoms with Gasteiger partial charge in [0.25, 0.3) is 0 Å². The highest BCUT2D eigenvalue weighted by Crippen LogP contribution is 2.15. The van der Waals surface area contributed by atoms with E-state index in [0.717, 1.165) is 51.4 Å². The number of hydrogen-bond acceptors (Lipinski definition) is 2. The molecule has 0 amide bonds. The van der Waals surface area contributed by atoms with E-state index in [0.29, 0.717) is 0 Å². The van der Waals surface area contributed by atoms with Gasteiger partial charge in [0.05, 0.1) is 6.20 Å². The number of rotatable bonds is 9. The quantitative estimate of drug-likeness (QED) is 0.207. The fourth-order valence-corrected chi connectivity index (χ4v) is 3.21. The van der Waals surface area contributed by atoms with E-state index in [1.54, 1.807) is 0 Å². The lowest BCUT2D eigenvalue weighted by Crippen LogP contribution is -2.38. The molecule has 6 nitrogen and oxygen atoms in total. The first kappa shape index (κ1) is 22.3. The first-order chi connectivity index (χ1) is 13.3. The topological polar surface area (TPSA) is 59.2 Å². The smallest absolute Gasteiger partial charge is 0.191 e. The van der Waals surface area contributed by atoms with Crippen LogP contribution in [-0.4, -0.2) is 39.9 Å². The molecule has 0 radical (unpaired) electrons. The summed E-state index contributed by atoms with van der Waals surface area (Å²) in [7, 11) is 1.95. The number of aryl methyl sites for hydroxylation is 3. The first-order valence-electron chi connectivity index (χ1n) is 9.80. The minimum Gasteiger partial charge on any atom is -0.357 e. The van der Waals surface area contributed by atoms with Crippen LogP contribution < -0.4 is 10.6 Å². The van der Waals surface area contributed by atoms with Crippen LogP contribution in [-0.2, 0) is 20.0 Å². The Bertz CT molecular complexity index is 867. The third-order valence-corrected chi connectivity index (χ3v) is 4.54. The minimum absolute atomic E-state index is 0. The van der Waals surface area contributed by atoms with Crippen LogP contribution >= 0.6 is 24.0 Å². The Morgan fingerprint density at radius 1 is 1.14 bits per heavy atom. The summed E-state index contributed by atoms with van der Waals surface area (Å²) in [6, 6.07) is 10.7. The van der Waals surface area contributed by atoms with E-state index in [1.807, 2.05) is 17.9 Å². The van der Waals surface area contributed by atoms with Crippen molar-refractivity contribution in [1.82, 2.24) is 25.0 Å². The van der Waals surface area contributed by atoms with Gasteiger partial charge in [-0.1, -0.05) is 18.2 Å². The van der Waals surface area contributed by atoms with Gasteiger partial charge < -0.3 is 15.2 Å². The van der Waals surface area contributed by atoms with Crippen LogP contribution in [0.25, 0.3) is 10.9 Å². The van der Waals surface area contributed by atoms with E-state index in [9.17, 15) is 0 Å². The van der Waals surface area contributed by atoms with Crippen molar-refractivity contribution in [2.45, 2.75) is 32.7 Å². The molecule has 28 heavy (non-hydrogen) atoms. The molecule has 0 fully saturated rings. The summed E-state index contributed by atoms with van der Waals surface area (Å²) in [6.45, 7) is 5.67. The molecule has 152 valence electrons. The standard InChI is InChI=1S/C21H30N6.HI/c1-3-22-21(23-12-6-8-18-16-25-26(2)17-18)24-13-7-14-27-15-11-19-9-4-5-10-20(19)27;/h4-5,9-11,15-17H,3,6-8,12-14H2,1-2H3,(H2,22,23,24);1H. The highest BCUT2D eigenvalue weighted by Gasteiger charge is 2.01. The van der Waals surface area contributed by atoms with Crippen molar-refractivity contribution < 1.29 is 0 Å². The molecule has 0 aliphatic heterocycles. The highest BCUT2D eigenvalue weighted by atomic mass is 127. The Balaban J connectivity index is 0.00000280. The fourth-order valence-electron chi connectivity index (χ4n) is 3.21. The van der Waals surface area contributed by atoms with Gasteiger partial charge in [0.1, 0.15) is 0 Å². The number of fused-ring (bicyclic) bond motifs is 1. The number of aliphatic imine (C=N–C) groups is 1. The molecule has 3 aromatic rings. The van der Waals surface area contributed by atoms with Crippen molar-refractivity contribution in [2.24, 2.45) is 12.0 Å². The maximum Gasteiger partial charge on any atom is 0.191 e. The molecule has 0 aliphatic rings. The highest BCUT2D eigenvalue weighted by molar-refractivity contribution is 14.0. The average molecular weight is 494 g/mol. The van der Waals surface area contributed by atoms with Crippen molar-refractivity contribution >= 4 is 40.8 Å². The number of hydrogen-bond donors (Lipinski definition) is 2. The zero-order chi connectivity index (χ0) is 18.9. The molecule has 7 heteroatoms. The number of nitrogens with one attached hydrogen (secondary N) is 2. The number of guanidine groups is 1. The minimum atomic E-state index is 0. The third kappa shape index (κ3) is 6.54. The number of halogens is 1. The van der Waals surface area contributed by atoms with Crippen molar-refractivity contribution in [3.05, 3.63) is 54.5 Å². The van der Waals surface area contributed by atoms with Crippen LogP contribution in [0.15, 0.2) is 53.9 Å². The normalized spacial score (nSPS) is 11.4. The molecule has 2 aromatic heterocycles. The molecule has 0 unspecified atom stereocenters. The molecule has 0 bridgehead atoms. The number of aromatic nitrogens is 3. The van der Waals surface area contributed by atoms with Gasteiger partial charge >= 0.3 is 0 Å². The van der Waals surface area contributed by atoms with Gasteiger partial charge in [-0.05, 0) is 49.3 Å². The molecule has 0 saturated carbocycles. The summed E-state index contributed by atoms with van der Waals surface area (Å²) in [5.74, 6) is 0.904. The summed E-state index contributed by atoms with van der Waals surface area (Å²) in [5, 5.41) is 12.3. The zero-order valence-electron chi connectivity index (χ0n) is 16.8. The van der Waals surface area contributed by atoms with Crippen molar-refractivity contribution in [2.75, 3.05) is 19.6 Å². The second-order valence-corrected chi connectivity index (χ2v) is 6.73. The van der Waals surface area contributed by atoms with Gasteiger partial charge in [0.2, 0.25) is 0 Å². The molecule has 2 heterocycles. The lowest BCUT2D eigenvalue weighted by molar-refractivity contribution is 0.665. The summed E-state index contributed by atoms with van der Waals surface area (Å²) >= 11 is 0. The first-order valence-corrected chi connectivity index (χ1v) is 9.80. The average Bonchev–Trinajstić information content (AvgIpc) is 3.28. The number of nitrogens with zero attached hydrogens (tertiary/aromatic N) is 4. The number of para-hydroxylation sites is 1. The molecule has 0 spiro atoms. The van der Waals surface area contributed by atoms with Crippen LogP contribution in [0, 0.1) is 0 Å². The second-order valence-electron chi connectivity index (χ2n) is 6.73. The van der Waals surface area contributed by atoms with Crippen molar-refractivity contribution in [3.8, 4) is 0 Å². The van der Waals surface area contributed by atoms with Gasteiger partial charge in [0, 0.05) is 51.1 Å². The van der Waals surface area contributed by atoms with Crippen LogP contribution in [0.3, 0.4) is 0 Å². The lowest BCUT2D eigenvalue weighted by Gasteiger charge is -2.11. The second kappa shape index (κ2) is 11.7. The van der Waals surface area contributed by atoms with E-state index in [-0.39, 0.29) is 24.0 Å². The van der Waals surface area contributed by atoms with E-state index in [4.69, 9.17) is 4.99 Å². The largest absolute Gasteiger partial charge is 0.357 e. The third-order valence-electron chi connectivity index (χ3n) is 4.54. The van der Waals surface area contributed by atoms with Crippen LogP contribution in [0.4, 0.5) is 0 Å². The SMILES string of the molecule is CCNC(=NCCCn1ccc2ccccc21)NCCCc1cnn(C)c1.I. The Morgan fingerprint density at radius 2 is 2.00 bits per heavy atom.